The molecule has 0 atom stereocenters. The van der Waals surface area contributed by atoms with Crippen molar-refractivity contribution in [3.8, 4) is 6.07 Å². The summed E-state index contributed by atoms with van der Waals surface area (Å²) in [6.45, 7) is 0.377. The number of pyridine rings is 2. The van der Waals surface area contributed by atoms with Gasteiger partial charge in [0.2, 0.25) is 0 Å². The van der Waals surface area contributed by atoms with E-state index in [1.807, 2.05) is 6.07 Å². The first-order valence-corrected chi connectivity index (χ1v) is 4.80. The monoisotopic (exact) mass is 214 g/mol. The lowest BCUT2D eigenvalue weighted by Gasteiger charge is -2.07. The van der Waals surface area contributed by atoms with Gasteiger partial charge in [0.05, 0.1) is 17.7 Å². The molecule has 0 aromatic carbocycles. The van der Waals surface area contributed by atoms with Crippen LogP contribution in [0.1, 0.15) is 11.1 Å². The van der Waals surface area contributed by atoms with E-state index in [1.54, 1.807) is 19.4 Å². The van der Waals surface area contributed by atoms with Crippen molar-refractivity contribution in [2.45, 2.75) is 6.61 Å². The van der Waals surface area contributed by atoms with Crippen LogP contribution >= 0.6 is 0 Å². The number of aromatic nitrogens is 1. The highest BCUT2D eigenvalue weighted by Gasteiger charge is 2.07. The van der Waals surface area contributed by atoms with Gasteiger partial charge in [0.1, 0.15) is 6.07 Å². The van der Waals surface area contributed by atoms with Crippen LogP contribution in [0.4, 0.5) is 0 Å². The van der Waals surface area contributed by atoms with Crippen molar-refractivity contribution >= 4 is 5.52 Å². The van der Waals surface area contributed by atoms with Crippen LogP contribution in [0.5, 0.6) is 0 Å². The Kier molecular flexibility index (Phi) is 2.71. The molecular formula is C12H10N2O2. The second kappa shape index (κ2) is 4.17. The van der Waals surface area contributed by atoms with Crippen molar-refractivity contribution in [1.82, 2.24) is 4.40 Å². The molecule has 0 amide bonds. The third-order valence-electron chi connectivity index (χ3n) is 2.38. The molecule has 2 aromatic heterocycles. The normalized spacial score (nSPS) is 10.2. The maximum atomic E-state index is 11.6. The van der Waals surface area contributed by atoms with E-state index < -0.39 is 0 Å². The van der Waals surface area contributed by atoms with Crippen LogP contribution < -0.4 is 5.56 Å². The van der Waals surface area contributed by atoms with Gasteiger partial charge in [-0.1, -0.05) is 6.07 Å². The molecule has 0 aliphatic rings. The van der Waals surface area contributed by atoms with Gasteiger partial charge in [-0.05, 0) is 12.1 Å². The highest BCUT2D eigenvalue weighted by atomic mass is 16.5. The topological polar surface area (TPSA) is 54.5 Å². The molecule has 2 heterocycles. The molecule has 2 aromatic rings. The fourth-order valence-electron chi connectivity index (χ4n) is 1.72. The van der Waals surface area contributed by atoms with E-state index in [4.69, 9.17) is 10.00 Å². The van der Waals surface area contributed by atoms with Gasteiger partial charge in [0, 0.05) is 24.9 Å². The molecule has 2 rings (SSSR count). The summed E-state index contributed by atoms with van der Waals surface area (Å²) >= 11 is 0. The Morgan fingerprint density at radius 2 is 2.25 bits per heavy atom. The van der Waals surface area contributed by atoms with Crippen LogP contribution in [-0.2, 0) is 11.3 Å². The maximum absolute atomic E-state index is 11.6. The van der Waals surface area contributed by atoms with Crippen LogP contribution in [0.3, 0.4) is 0 Å². The molecule has 4 heteroatoms. The number of nitrogens with zero attached hydrogens (tertiary/aromatic N) is 2. The second-order valence-corrected chi connectivity index (χ2v) is 3.38. The fourth-order valence-corrected chi connectivity index (χ4v) is 1.72. The van der Waals surface area contributed by atoms with Crippen molar-refractivity contribution in [1.29, 1.82) is 5.26 Å². The summed E-state index contributed by atoms with van der Waals surface area (Å²) in [5.74, 6) is 0. The zero-order chi connectivity index (χ0) is 11.5. The number of rotatable bonds is 2. The smallest absolute Gasteiger partial charge is 0.255 e. The van der Waals surface area contributed by atoms with E-state index in [1.165, 1.54) is 16.5 Å². The highest BCUT2D eigenvalue weighted by molar-refractivity contribution is 5.65. The molecule has 0 unspecified atom stereocenters. The second-order valence-electron chi connectivity index (χ2n) is 3.38. The number of hydrogen-bond donors (Lipinski definition) is 0. The van der Waals surface area contributed by atoms with Crippen molar-refractivity contribution < 1.29 is 4.74 Å². The van der Waals surface area contributed by atoms with Gasteiger partial charge in [-0.2, -0.15) is 5.26 Å². The van der Waals surface area contributed by atoms with E-state index >= 15 is 0 Å². The number of ether oxygens (including phenoxy) is 1. The van der Waals surface area contributed by atoms with Crippen LogP contribution in [0.25, 0.3) is 5.52 Å². The Hall–Kier alpha value is -2.12. The van der Waals surface area contributed by atoms with Gasteiger partial charge in [0.25, 0.3) is 5.56 Å². The fraction of sp³-hybridized carbons (Fsp3) is 0.167. The Morgan fingerprint density at radius 1 is 1.44 bits per heavy atom. The largest absolute Gasteiger partial charge is 0.380 e. The minimum Gasteiger partial charge on any atom is -0.380 e. The van der Waals surface area contributed by atoms with Gasteiger partial charge in [-0.15, -0.1) is 0 Å². The van der Waals surface area contributed by atoms with E-state index in [9.17, 15) is 4.79 Å². The Labute approximate surface area is 92.3 Å². The van der Waals surface area contributed by atoms with Crippen LogP contribution in [0, 0.1) is 11.3 Å². The molecule has 0 fully saturated rings. The van der Waals surface area contributed by atoms with Gasteiger partial charge in [-0.25, -0.2) is 0 Å². The summed E-state index contributed by atoms with van der Waals surface area (Å²) in [7, 11) is 1.58. The van der Waals surface area contributed by atoms with E-state index in [2.05, 4.69) is 6.07 Å². The van der Waals surface area contributed by atoms with Crippen LogP contribution in [0.15, 0.2) is 35.3 Å². The molecule has 0 spiro atoms. The first-order chi connectivity index (χ1) is 7.77. The Balaban J connectivity index is 2.89. The third kappa shape index (κ3) is 1.58. The lowest BCUT2D eigenvalue weighted by molar-refractivity contribution is 0.185. The van der Waals surface area contributed by atoms with Crippen molar-refractivity contribution in [2.75, 3.05) is 7.11 Å². The minimum absolute atomic E-state index is 0.146. The van der Waals surface area contributed by atoms with E-state index in [-0.39, 0.29) is 5.56 Å². The summed E-state index contributed by atoms with van der Waals surface area (Å²) in [4.78, 5) is 11.6. The zero-order valence-corrected chi connectivity index (χ0v) is 8.80. The summed E-state index contributed by atoms with van der Waals surface area (Å²) in [5.41, 5.74) is 1.79. The third-order valence-corrected chi connectivity index (χ3v) is 2.38. The average Bonchev–Trinajstić information content (AvgIpc) is 2.31. The van der Waals surface area contributed by atoms with Gasteiger partial charge >= 0.3 is 0 Å². The summed E-state index contributed by atoms with van der Waals surface area (Å²) < 4.78 is 6.52. The molecule has 80 valence electrons. The summed E-state index contributed by atoms with van der Waals surface area (Å²) in [6.07, 6.45) is 1.65. The van der Waals surface area contributed by atoms with E-state index in [0.717, 1.165) is 5.56 Å². The molecule has 0 aliphatic heterocycles. The SMILES string of the molecule is COCc1cccn2c(=O)ccc(C#N)c12. The predicted octanol–water partition coefficient (Wildman–Crippen LogP) is 1.32. The number of nitriles is 1. The lowest BCUT2D eigenvalue weighted by Crippen LogP contribution is -2.14. The molecule has 4 nitrogen and oxygen atoms in total. The quantitative estimate of drug-likeness (QED) is 0.757. The van der Waals surface area contributed by atoms with Crippen molar-refractivity contribution in [2.24, 2.45) is 0 Å². The molecule has 16 heavy (non-hydrogen) atoms. The summed E-state index contributed by atoms with van der Waals surface area (Å²) in [5, 5.41) is 9.01. The van der Waals surface area contributed by atoms with Crippen LogP contribution in [0.2, 0.25) is 0 Å². The summed E-state index contributed by atoms with van der Waals surface area (Å²) in [6, 6.07) is 8.62. The molecule has 0 saturated carbocycles. The first kappa shape index (κ1) is 10.4. The van der Waals surface area contributed by atoms with Gasteiger partial charge < -0.3 is 4.74 Å². The molecule has 0 aliphatic carbocycles. The predicted molar refractivity (Wildman–Crippen MR) is 59.1 cm³/mol. The lowest BCUT2D eigenvalue weighted by atomic mass is 10.1. The van der Waals surface area contributed by atoms with Gasteiger partial charge in [-0.3, -0.25) is 9.20 Å². The maximum Gasteiger partial charge on any atom is 0.255 e. The minimum atomic E-state index is -0.146. The number of hydrogen-bond acceptors (Lipinski definition) is 3. The Morgan fingerprint density at radius 3 is 2.94 bits per heavy atom. The molecule has 0 saturated heterocycles. The molecule has 0 radical (unpaired) electrons. The van der Waals surface area contributed by atoms with Crippen LogP contribution in [-0.4, -0.2) is 11.5 Å². The van der Waals surface area contributed by atoms with Crippen molar-refractivity contribution in [3.63, 3.8) is 0 Å². The van der Waals surface area contributed by atoms with Crippen molar-refractivity contribution in [3.05, 3.63) is 51.9 Å². The van der Waals surface area contributed by atoms with Gasteiger partial charge in [0.15, 0.2) is 0 Å². The highest BCUT2D eigenvalue weighted by Crippen LogP contribution is 2.14. The standard InChI is InChI=1S/C12H10N2O2/c1-16-8-10-3-2-6-14-11(15)5-4-9(7-13)12(10)14/h2-6H,8H2,1H3. The molecular weight excluding hydrogens is 204 g/mol. The molecule has 0 N–H and O–H groups in total. The number of methoxy groups -OCH3 is 1. The zero-order valence-electron chi connectivity index (χ0n) is 8.80. The van der Waals surface area contributed by atoms with E-state index in [0.29, 0.717) is 17.7 Å². The first-order valence-electron chi connectivity index (χ1n) is 4.80. The Bertz CT molecular complexity index is 623. The molecule has 0 bridgehead atoms. The number of fused-ring (bicyclic) bond motifs is 1. The average molecular weight is 214 g/mol.